The molecule has 0 fully saturated rings. The van der Waals surface area contributed by atoms with Crippen LogP contribution in [0.4, 0.5) is 19.0 Å². The fourth-order valence-corrected chi connectivity index (χ4v) is 1.50. The molecule has 19 heavy (non-hydrogen) atoms. The molecule has 0 unspecified atom stereocenters. The summed E-state index contributed by atoms with van der Waals surface area (Å²) in [5.41, 5.74) is -1.11. The number of pyridine rings is 1. The highest BCUT2D eigenvalue weighted by Gasteiger charge is 2.35. The van der Waals surface area contributed by atoms with Crippen LogP contribution in [-0.2, 0) is 15.8 Å². The first-order valence-corrected chi connectivity index (χ1v) is 5.74. The van der Waals surface area contributed by atoms with Crippen molar-refractivity contribution in [3.05, 3.63) is 22.3 Å². The zero-order valence-corrected chi connectivity index (χ0v) is 10.9. The summed E-state index contributed by atoms with van der Waals surface area (Å²) in [4.78, 5) is 25.0. The number of amides is 1. The zero-order valence-electron chi connectivity index (χ0n) is 9.29. The van der Waals surface area contributed by atoms with Crippen LogP contribution in [0.2, 0.25) is 0 Å². The number of halogens is 4. The first-order valence-electron chi connectivity index (χ1n) is 4.94. The van der Waals surface area contributed by atoms with Crippen molar-refractivity contribution in [2.75, 3.05) is 5.32 Å². The van der Waals surface area contributed by atoms with E-state index in [2.05, 4.69) is 20.9 Å². The normalized spacial score (nSPS) is 11.2. The number of nitrogens with zero attached hydrogens (tertiary/aromatic N) is 1. The van der Waals surface area contributed by atoms with E-state index in [0.717, 1.165) is 12.3 Å². The highest BCUT2D eigenvalue weighted by molar-refractivity contribution is 9.10. The maximum absolute atomic E-state index is 12.7. The molecule has 0 spiro atoms. The van der Waals surface area contributed by atoms with Gasteiger partial charge in [0.05, 0.1) is 12.0 Å². The van der Waals surface area contributed by atoms with E-state index in [1.807, 2.05) is 5.32 Å². The van der Waals surface area contributed by atoms with Crippen LogP contribution in [0.3, 0.4) is 0 Å². The molecule has 0 bridgehead atoms. The van der Waals surface area contributed by atoms with Gasteiger partial charge in [0.1, 0.15) is 5.82 Å². The molecule has 2 N–H and O–H groups in total. The number of alkyl halides is 3. The van der Waals surface area contributed by atoms with Crippen LogP contribution >= 0.6 is 15.9 Å². The van der Waals surface area contributed by atoms with Crippen molar-refractivity contribution in [2.45, 2.75) is 19.0 Å². The summed E-state index contributed by atoms with van der Waals surface area (Å²) in [6.07, 6.45) is -4.47. The van der Waals surface area contributed by atoms with Gasteiger partial charge in [0.15, 0.2) is 0 Å². The van der Waals surface area contributed by atoms with E-state index in [0.29, 0.717) is 0 Å². The van der Waals surface area contributed by atoms with Crippen molar-refractivity contribution in [1.82, 2.24) is 4.98 Å². The Morgan fingerprint density at radius 3 is 2.53 bits per heavy atom. The fraction of sp³-hybridized carbons (Fsp3) is 0.300. The van der Waals surface area contributed by atoms with Crippen molar-refractivity contribution >= 4 is 33.6 Å². The maximum Gasteiger partial charge on any atom is 0.420 e. The average molecular weight is 341 g/mol. The summed E-state index contributed by atoms with van der Waals surface area (Å²) in [5, 5.41) is 10.3. The minimum absolute atomic E-state index is 0.114. The van der Waals surface area contributed by atoms with Crippen molar-refractivity contribution < 1.29 is 27.9 Å². The van der Waals surface area contributed by atoms with Crippen LogP contribution in [0.15, 0.2) is 16.7 Å². The number of aromatic nitrogens is 1. The van der Waals surface area contributed by atoms with E-state index in [1.54, 1.807) is 0 Å². The predicted molar refractivity (Wildman–Crippen MR) is 62.4 cm³/mol. The van der Waals surface area contributed by atoms with E-state index in [4.69, 9.17) is 5.11 Å². The summed E-state index contributed by atoms with van der Waals surface area (Å²) in [5.74, 6) is -2.70. The predicted octanol–water partition coefficient (Wildman–Crippen LogP) is 2.67. The molecular weight excluding hydrogens is 333 g/mol. The molecule has 1 rings (SSSR count). The number of carboxylic acid groups (broad SMARTS) is 1. The van der Waals surface area contributed by atoms with Gasteiger partial charge in [-0.1, -0.05) is 0 Å². The van der Waals surface area contributed by atoms with Gasteiger partial charge in [-0.2, -0.15) is 13.2 Å². The lowest BCUT2D eigenvalue weighted by Gasteiger charge is -2.12. The van der Waals surface area contributed by atoms with Crippen LogP contribution in [0, 0.1) is 0 Å². The minimum Gasteiger partial charge on any atom is -0.481 e. The molecule has 1 aromatic rings. The fourth-order valence-electron chi connectivity index (χ4n) is 1.17. The number of hydrogen-bond donors (Lipinski definition) is 2. The number of aliphatic carboxylic acids is 1. The van der Waals surface area contributed by atoms with Crippen LogP contribution in [0.25, 0.3) is 0 Å². The summed E-state index contributed by atoms with van der Waals surface area (Å²) in [6, 6.07) is 0.778. The van der Waals surface area contributed by atoms with Gasteiger partial charge in [0, 0.05) is 17.1 Å². The van der Waals surface area contributed by atoms with Crippen molar-refractivity contribution in [3.8, 4) is 0 Å². The third kappa shape index (κ3) is 4.86. The van der Waals surface area contributed by atoms with E-state index in [9.17, 15) is 22.8 Å². The van der Waals surface area contributed by atoms with E-state index in [1.165, 1.54) is 0 Å². The van der Waals surface area contributed by atoms with E-state index < -0.39 is 42.3 Å². The van der Waals surface area contributed by atoms with Gasteiger partial charge >= 0.3 is 12.1 Å². The number of rotatable bonds is 4. The van der Waals surface area contributed by atoms with Crippen molar-refractivity contribution in [3.63, 3.8) is 0 Å². The quantitative estimate of drug-likeness (QED) is 0.883. The molecular formula is C10H8BrF3N2O3. The Labute approximate surface area is 114 Å². The number of anilines is 1. The number of carboxylic acids is 1. The molecule has 1 amide bonds. The molecule has 1 aromatic heterocycles. The lowest BCUT2D eigenvalue weighted by Crippen LogP contribution is -2.18. The van der Waals surface area contributed by atoms with Crippen LogP contribution in [0.1, 0.15) is 18.4 Å². The highest BCUT2D eigenvalue weighted by Crippen LogP contribution is 2.35. The molecule has 0 saturated heterocycles. The van der Waals surface area contributed by atoms with Gasteiger partial charge in [-0.15, -0.1) is 0 Å². The van der Waals surface area contributed by atoms with Crippen LogP contribution in [0.5, 0.6) is 0 Å². The number of carbonyl (C=O) groups excluding carboxylic acids is 1. The Balaban J connectivity index is 2.89. The lowest BCUT2D eigenvalue weighted by atomic mass is 10.2. The second-order valence-electron chi connectivity index (χ2n) is 3.49. The lowest BCUT2D eigenvalue weighted by molar-refractivity contribution is -0.139. The number of hydrogen-bond acceptors (Lipinski definition) is 3. The Kier molecular flexibility index (Phi) is 4.87. The van der Waals surface area contributed by atoms with Gasteiger partial charge < -0.3 is 10.4 Å². The van der Waals surface area contributed by atoms with Gasteiger partial charge in [0.25, 0.3) is 0 Å². The summed E-state index contributed by atoms with van der Waals surface area (Å²) in [6.45, 7) is 0. The molecule has 0 aliphatic carbocycles. The largest absolute Gasteiger partial charge is 0.481 e. The Morgan fingerprint density at radius 2 is 2.00 bits per heavy atom. The second-order valence-corrected chi connectivity index (χ2v) is 4.41. The summed E-state index contributed by atoms with van der Waals surface area (Å²) < 4.78 is 38.2. The van der Waals surface area contributed by atoms with Gasteiger partial charge in [-0.05, 0) is 22.0 Å². The van der Waals surface area contributed by atoms with Crippen LogP contribution < -0.4 is 5.32 Å². The molecule has 0 saturated carbocycles. The monoisotopic (exact) mass is 340 g/mol. The topological polar surface area (TPSA) is 79.3 Å². The zero-order chi connectivity index (χ0) is 14.6. The molecule has 1 heterocycles. The van der Waals surface area contributed by atoms with Gasteiger partial charge in [0.2, 0.25) is 5.91 Å². The molecule has 0 radical (unpaired) electrons. The SMILES string of the molecule is O=C(O)CCC(=O)Nc1ncc(Br)cc1C(F)(F)F. The molecule has 0 aliphatic heterocycles. The third-order valence-electron chi connectivity index (χ3n) is 1.98. The first kappa shape index (κ1) is 15.4. The smallest absolute Gasteiger partial charge is 0.420 e. The van der Waals surface area contributed by atoms with Gasteiger partial charge in [-0.3, -0.25) is 9.59 Å². The third-order valence-corrected chi connectivity index (χ3v) is 2.42. The molecule has 0 aliphatic rings. The van der Waals surface area contributed by atoms with E-state index in [-0.39, 0.29) is 4.47 Å². The maximum atomic E-state index is 12.7. The van der Waals surface area contributed by atoms with Gasteiger partial charge in [-0.25, -0.2) is 4.98 Å². The highest BCUT2D eigenvalue weighted by atomic mass is 79.9. The second kappa shape index (κ2) is 6.00. The Hall–Kier alpha value is -1.64. The number of nitrogens with one attached hydrogen (secondary N) is 1. The molecule has 9 heteroatoms. The molecule has 0 atom stereocenters. The average Bonchev–Trinajstić information content (AvgIpc) is 2.27. The first-order chi connectivity index (χ1) is 8.70. The standard InChI is InChI=1S/C10H8BrF3N2O3/c11-5-3-6(10(12,13)14)9(15-4-5)16-7(17)1-2-8(18)19/h3-4H,1-2H2,(H,18,19)(H,15,16,17). The van der Waals surface area contributed by atoms with Crippen molar-refractivity contribution in [2.24, 2.45) is 0 Å². The Bertz CT molecular complexity index is 505. The molecule has 104 valence electrons. The van der Waals surface area contributed by atoms with E-state index >= 15 is 0 Å². The summed E-state index contributed by atoms with van der Waals surface area (Å²) in [7, 11) is 0. The van der Waals surface area contributed by atoms with Crippen LogP contribution in [-0.4, -0.2) is 22.0 Å². The summed E-state index contributed by atoms with van der Waals surface area (Å²) >= 11 is 2.85. The molecule has 5 nitrogen and oxygen atoms in total. The Morgan fingerprint density at radius 1 is 1.37 bits per heavy atom. The number of carbonyl (C=O) groups is 2. The minimum atomic E-state index is -4.67. The molecule has 0 aromatic carbocycles. The van der Waals surface area contributed by atoms with Crippen molar-refractivity contribution in [1.29, 1.82) is 0 Å².